The number of nitrogens with one attached hydrogen (secondary N) is 3. The van der Waals surface area contributed by atoms with Gasteiger partial charge in [0.15, 0.2) is 11.6 Å². The molecule has 1 aliphatic heterocycles. The first-order valence-corrected chi connectivity index (χ1v) is 10.9. The van der Waals surface area contributed by atoms with Gasteiger partial charge in [0.2, 0.25) is 5.28 Å². The Balaban J connectivity index is 1.48. The van der Waals surface area contributed by atoms with Gasteiger partial charge in [-0.3, -0.25) is 4.79 Å². The van der Waals surface area contributed by atoms with Crippen LogP contribution in [-0.4, -0.2) is 32.4 Å². The second-order valence-electron chi connectivity index (χ2n) is 8.50. The summed E-state index contributed by atoms with van der Waals surface area (Å²) in [6.07, 6.45) is 7.38. The highest BCUT2D eigenvalue weighted by Gasteiger charge is 2.51. The van der Waals surface area contributed by atoms with Gasteiger partial charge in [-0.05, 0) is 54.8 Å². The fourth-order valence-electron chi connectivity index (χ4n) is 4.85. The Bertz CT molecular complexity index is 1270. The van der Waals surface area contributed by atoms with Crippen LogP contribution in [0, 0.1) is 5.82 Å². The van der Waals surface area contributed by atoms with E-state index in [0.29, 0.717) is 48.4 Å². The van der Waals surface area contributed by atoms with Gasteiger partial charge in [-0.1, -0.05) is 6.92 Å². The number of halogens is 2. The lowest BCUT2D eigenvalue weighted by Crippen LogP contribution is -2.39. The molecule has 1 spiro atoms. The molecule has 3 N–H and O–H groups in total. The third-order valence-corrected chi connectivity index (χ3v) is 6.93. The molecule has 7 nitrogen and oxygen atoms in total. The second kappa shape index (κ2) is 6.50. The summed E-state index contributed by atoms with van der Waals surface area (Å²) in [5.74, 6) is -0.00945. The Hall–Kier alpha value is -3.00. The fourth-order valence-corrected chi connectivity index (χ4v) is 4.98. The molecule has 0 radical (unpaired) electrons. The maximum absolute atomic E-state index is 15.8. The van der Waals surface area contributed by atoms with Gasteiger partial charge in [-0.25, -0.2) is 19.3 Å². The summed E-state index contributed by atoms with van der Waals surface area (Å²) in [5, 5.41) is 6.10. The molecule has 31 heavy (non-hydrogen) atoms. The first-order valence-electron chi connectivity index (χ1n) is 10.5. The number of carbonyl (C=O) groups is 1. The molecule has 0 atom stereocenters. The predicted molar refractivity (Wildman–Crippen MR) is 114 cm³/mol. The lowest BCUT2D eigenvalue weighted by atomic mass is 9.86. The normalized spacial score (nSPS) is 17.6. The van der Waals surface area contributed by atoms with Gasteiger partial charge in [0.05, 0.1) is 11.3 Å². The number of H-pyrrole nitrogens is 1. The number of amides is 1. The van der Waals surface area contributed by atoms with Crippen LogP contribution in [0.3, 0.4) is 0 Å². The van der Waals surface area contributed by atoms with Crippen LogP contribution in [0.4, 0.5) is 16.0 Å². The van der Waals surface area contributed by atoms with Crippen molar-refractivity contribution >= 4 is 29.1 Å². The Morgan fingerprint density at radius 1 is 1.19 bits per heavy atom. The monoisotopic (exact) mass is 438 g/mol. The van der Waals surface area contributed by atoms with E-state index in [-0.39, 0.29) is 22.4 Å². The molecule has 0 unspecified atom stereocenters. The molecular weight excluding hydrogens is 419 g/mol. The van der Waals surface area contributed by atoms with E-state index in [1.807, 2.05) is 6.92 Å². The van der Waals surface area contributed by atoms with Crippen LogP contribution >= 0.6 is 11.6 Å². The standard InChI is InChI=1S/C22H20ClFN6O/c1-2-10-7-26-21(23)30-18(10)29-19-15(24)13-11(8-25-19)3-4-12-14-17(28-16(12)13)22(5-6-22)9-27-20(14)31/h7-8,28H,2-6,9H2,1H3,(H,27,31)(H,25,26,29,30). The van der Waals surface area contributed by atoms with Crippen molar-refractivity contribution in [2.24, 2.45) is 0 Å². The number of fused-ring (bicyclic) bond motifs is 6. The van der Waals surface area contributed by atoms with Crippen LogP contribution in [-0.2, 0) is 24.7 Å². The lowest BCUT2D eigenvalue weighted by molar-refractivity contribution is 0.0936. The van der Waals surface area contributed by atoms with Gasteiger partial charge in [0.25, 0.3) is 5.91 Å². The zero-order chi connectivity index (χ0) is 21.3. The smallest absolute Gasteiger partial charge is 0.253 e. The van der Waals surface area contributed by atoms with Gasteiger partial charge in [-0.15, -0.1) is 0 Å². The second-order valence-corrected chi connectivity index (χ2v) is 8.84. The third-order valence-electron chi connectivity index (χ3n) is 6.75. The maximum Gasteiger partial charge on any atom is 0.253 e. The number of hydrogen-bond acceptors (Lipinski definition) is 5. The fraction of sp³-hybridized carbons (Fsp3) is 0.364. The SMILES string of the molecule is CCc1cnc(Cl)nc1Nc1ncc2c(c1F)-c1[nH]c3c(c1CC2)C(=O)NCC31CC1. The van der Waals surface area contributed by atoms with Crippen LogP contribution in [0.15, 0.2) is 12.4 Å². The van der Waals surface area contributed by atoms with Gasteiger partial charge in [0, 0.05) is 41.2 Å². The first kappa shape index (κ1) is 18.7. The van der Waals surface area contributed by atoms with Crippen LogP contribution in [0.5, 0.6) is 0 Å². The summed E-state index contributed by atoms with van der Waals surface area (Å²) in [6.45, 7) is 2.61. The molecule has 6 rings (SSSR count). The molecule has 1 saturated carbocycles. The van der Waals surface area contributed by atoms with E-state index in [1.54, 1.807) is 12.4 Å². The third kappa shape index (κ3) is 2.70. The summed E-state index contributed by atoms with van der Waals surface area (Å²) >= 11 is 5.95. The average Bonchev–Trinajstić information content (AvgIpc) is 3.43. The van der Waals surface area contributed by atoms with Crippen molar-refractivity contribution in [1.29, 1.82) is 0 Å². The zero-order valence-electron chi connectivity index (χ0n) is 16.9. The van der Waals surface area contributed by atoms with Crippen molar-refractivity contribution in [1.82, 2.24) is 25.3 Å². The molecule has 4 heterocycles. The van der Waals surface area contributed by atoms with Crippen molar-refractivity contribution < 1.29 is 9.18 Å². The van der Waals surface area contributed by atoms with E-state index in [9.17, 15) is 4.79 Å². The molecule has 9 heteroatoms. The Labute approximate surface area is 182 Å². The average molecular weight is 439 g/mol. The van der Waals surface area contributed by atoms with Crippen molar-refractivity contribution in [3.05, 3.63) is 51.4 Å². The number of carbonyl (C=O) groups excluding carboxylic acids is 1. The largest absolute Gasteiger partial charge is 0.357 e. The zero-order valence-corrected chi connectivity index (χ0v) is 17.7. The quantitative estimate of drug-likeness (QED) is 0.540. The van der Waals surface area contributed by atoms with Crippen LogP contribution in [0.2, 0.25) is 5.28 Å². The Morgan fingerprint density at radius 2 is 2.03 bits per heavy atom. The first-order chi connectivity index (χ1) is 15.0. The Kier molecular flexibility index (Phi) is 3.93. The summed E-state index contributed by atoms with van der Waals surface area (Å²) in [7, 11) is 0. The van der Waals surface area contributed by atoms with Crippen LogP contribution in [0.25, 0.3) is 11.3 Å². The molecule has 0 bridgehead atoms. The van der Waals surface area contributed by atoms with Crippen molar-refractivity contribution in [2.75, 3.05) is 11.9 Å². The van der Waals surface area contributed by atoms with E-state index in [1.165, 1.54) is 0 Å². The number of aryl methyl sites for hydroxylation is 2. The minimum atomic E-state index is -0.459. The van der Waals surface area contributed by atoms with Gasteiger partial charge in [-0.2, -0.15) is 0 Å². The van der Waals surface area contributed by atoms with Crippen molar-refractivity contribution in [3.63, 3.8) is 0 Å². The molecule has 3 aromatic heterocycles. The lowest BCUT2D eigenvalue weighted by Gasteiger charge is -2.23. The number of rotatable bonds is 3. The highest BCUT2D eigenvalue weighted by Crippen LogP contribution is 2.53. The van der Waals surface area contributed by atoms with E-state index in [0.717, 1.165) is 35.2 Å². The van der Waals surface area contributed by atoms with Crippen molar-refractivity contribution in [2.45, 2.75) is 44.4 Å². The van der Waals surface area contributed by atoms with Crippen LogP contribution in [0.1, 0.15) is 52.5 Å². The maximum atomic E-state index is 15.8. The topological polar surface area (TPSA) is 95.6 Å². The minimum absolute atomic E-state index is 0.0148. The van der Waals surface area contributed by atoms with Crippen LogP contribution < -0.4 is 10.6 Å². The molecule has 1 amide bonds. The van der Waals surface area contributed by atoms with Gasteiger partial charge in [0.1, 0.15) is 5.82 Å². The molecule has 2 aliphatic carbocycles. The molecule has 3 aromatic rings. The number of aromatic nitrogens is 4. The number of anilines is 2. The molecule has 0 saturated heterocycles. The van der Waals surface area contributed by atoms with E-state index >= 15 is 4.39 Å². The number of nitrogens with zero attached hydrogens (tertiary/aromatic N) is 3. The summed E-state index contributed by atoms with van der Waals surface area (Å²) in [4.78, 5) is 28.6. The van der Waals surface area contributed by atoms with Gasteiger partial charge < -0.3 is 15.6 Å². The van der Waals surface area contributed by atoms with E-state index < -0.39 is 5.82 Å². The highest BCUT2D eigenvalue weighted by atomic mass is 35.5. The molecule has 1 fully saturated rings. The van der Waals surface area contributed by atoms with Gasteiger partial charge >= 0.3 is 0 Å². The highest BCUT2D eigenvalue weighted by molar-refractivity contribution is 6.28. The van der Waals surface area contributed by atoms with E-state index in [4.69, 9.17) is 11.6 Å². The molecule has 0 aromatic carbocycles. The Morgan fingerprint density at radius 3 is 2.81 bits per heavy atom. The summed E-state index contributed by atoms with van der Waals surface area (Å²) in [5.41, 5.74) is 5.40. The van der Waals surface area contributed by atoms with Crippen molar-refractivity contribution in [3.8, 4) is 11.3 Å². The molecular formula is C22H20ClFN6O. The number of hydrogen-bond donors (Lipinski definition) is 3. The summed E-state index contributed by atoms with van der Waals surface area (Å²) in [6, 6.07) is 0. The molecule has 3 aliphatic rings. The van der Waals surface area contributed by atoms with E-state index in [2.05, 4.69) is 30.6 Å². The predicted octanol–water partition coefficient (Wildman–Crippen LogP) is 3.84. The minimum Gasteiger partial charge on any atom is -0.357 e. The summed E-state index contributed by atoms with van der Waals surface area (Å²) < 4.78 is 15.8. The molecule has 158 valence electrons. The number of aromatic amines is 1. The number of pyridine rings is 1.